The molecule has 0 aliphatic carbocycles. The third kappa shape index (κ3) is 6.01. The van der Waals surface area contributed by atoms with Crippen molar-refractivity contribution in [2.75, 3.05) is 25.4 Å². The third-order valence-electron chi connectivity index (χ3n) is 4.58. The van der Waals surface area contributed by atoms with Crippen LogP contribution in [0.3, 0.4) is 0 Å². The van der Waals surface area contributed by atoms with Crippen molar-refractivity contribution in [2.24, 2.45) is 10.9 Å². The number of likely N-dealkylation sites (tertiary alicyclic amines) is 1. The maximum absolute atomic E-state index is 12.1. The summed E-state index contributed by atoms with van der Waals surface area (Å²) in [6.07, 6.45) is 4.33. The molecule has 0 aromatic heterocycles. The summed E-state index contributed by atoms with van der Waals surface area (Å²) >= 11 is 0. The molecule has 27 heavy (non-hydrogen) atoms. The lowest BCUT2D eigenvalue weighted by Gasteiger charge is -2.33. The molecule has 0 radical (unpaired) electrons. The second-order valence-corrected chi connectivity index (χ2v) is 7.86. The van der Waals surface area contributed by atoms with Gasteiger partial charge in [-0.1, -0.05) is 12.7 Å². The summed E-state index contributed by atoms with van der Waals surface area (Å²) in [4.78, 5) is 17.8. The molecule has 1 saturated heterocycles. The zero-order valence-corrected chi connectivity index (χ0v) is 16.7. The van der Waals surface area contributed by atoms with Crippen molar-refractivity contribution < 1.29 is 14.3 Å². The number of piperidine rings is 1. The molecule has 0 atom stereocenters. The molecule has 6 heteroatoms. The van der Waals surface area contributed by atoms with Gasteiger partial charge >= 0.3 is 6.09 Å². The van der Waals surface area contributed by atoms with E-state index >= 15 is 0 Å². The van der Waals surface area contributed by atoms with Gasteiger partial charge in [-0.15, -0.1) is 0 Å². The SMILES string of the molecule is C=Cc1cc(OCCC2CCN(C(=O)OC(C)(C)C)CC2)cc(N)c1N=C. The van der Waals surface area contributed by atoms with Gasteiger partial charge < -0.3 is 20.1 Å². The minimum Gasteiger partial charge on any atom is -0.493 e. The van der Waals surface area contributed by atoms with Crippen molar-refractivity contribution in [2.45, 2.75) is 45.6 Å². The Bertz CT molecular complexity index is 687. The van der Waals surface area contributed by atoms with E-state index in [-0.39, 0.29) is 6.09 Å². The summed E-state index contributed by atoms with van der Waals surface area (Å²) < 4.78 is 11.3. The molecular formula is C21H31N3O3. The van der Waals surface area contributed by atoms with Crippen LogP contribution in [-0.2, 0) is 4.74 Å². The van der Waals surface area contributed by atoms with Crippen LogP contribution in [-0.4, -0.2) is 43.0 Å². The second-order valence-electron chi connectivity index (χ2n) is 7.86. The number of rotatable bonds is 6. The smallest absolute Gasteiger partial charge is 0.410 e. The average molecular weight is 373 g/mol. The van der Waals surface area contributed by atoms with Crippen molar-refractivity contribution in [1.29, 1.82) is 0 Å². The lowest BCUT2D eigenvalue weighted by molar-refractivity contribution is 0.0177. The van der Waals surface area contributed by atoms with E-state index in [2.05, 4.69) is 18.3 Å². The first-order valence-corrected chi connectivity index (χ1v) is 9.37. The van der Waals surface area contributed by atoms with Crippen LogP contribution in [0.4, 0.5) is 16.2 Å². The number of nitrogens with zero attached hydrogens (tertiary/aromatic N) is 2. The summed E-state index contributed by atoms with van der Waals surface area (Å²) in [7, 11) is 0. The van der Waals surface area contributed by atoms with Gasteiger partial charge in [-0.2, -0.15) is 0 Å². The van der Waals surface area contributed by atoms with Gasteiger partial charge in [0.1, 0.15) is 11.4 Å². The fraction of sp³-hybridized carbons (Fsp3) is 0.524. The molecule has 0 unspecified atom stereocenters. The van der Waals surface area contributed by atoms with E-state index in [4.69, 9.17) is 15.2 Å². The molecule has 1 aromatic rings. The Morgan fingerprint density at radius 1 is 1.37 bits per heavy atom. The van der Waals surface area contributed by atoms with E-state index in [0.29, 0.717) is 29.6 Å². The van der Waals surface area contributed by atoms with Gasteiger partial charge in [0, 0.05) is 24.7 Å². The topological polar surface area (TPSA) is 77.1 Å². The van der Waals surface area contributed by atoms with Crippen LogP contribution in [0.25, 0.3) is 6.08 Å². The molecule has 1 amide bonds. The van der Waals surface area contributed by atoms with Gasteiger partial charge in [0.15, 0.2) is 0 Å². The Balaban J connectivity index is 1.79. The van der Waals surface area contributed by atoms with E-state index in [1.807, 2.05) is 26.8 Å². The number of aliphatic imine (C=N–C) groups is 1. The molecule has 1 aliphatic heterocycles. The van der Waals surface area contributed by atoms with Gasteiger partial charge in [0.25, 0.3) is 0 Å². The van der Waals surface area contributed by atoms with Crippen LogP contribution in [0.1, 0.15) is 45.6 Å². The van der Waals surface area contributed by atoms with Gasteiger partial charge in [-0.25, -0.2) is 4.79 Å². The minimum absolute atomic E-state index is 0.222. The zero-order chi connectivity index (χ0) is 20.0. The molecule has 0 bridgehead atoms. The number of nitrogens with two attached hydrogens (primary N) is 1. The Morgan fingerprint density at radius 2 is 2.04 bits per heavy atom. The first-order chi connectivity index (χ1) is 12.7. The van der Waals surface area contributed by atoms with Crippen molar-refractivity contribution in [1.82, 2.24) is 4.90 Å². The Labute approximate surface area is 162 Å². The number of carbonyl (C=O) groups is 1. The highest BCUT2D eigenvalue weighted by molar-refractivity contribution is 5.78. The van der Waals surface area contributed by atoms with E-state index in [1.54, 1.807) is 17.0 Å². The van der Waals surface area contributed by atoms with Gasteiger partial charge in [-0.3, -0.25) is 4.99 Å². The molecule has 0 saturated carbocycles. The van der Waals surface area contributed by atoms with E-state index in [9.17, 15) is 4.79 Å². The number of amides is 1. The summed E-state index contributed by atoms with van der Waals surface area (Å²) in [5, 5.41) is 0. The molecule has 2 N–H and O–H groups in total. The van der Waals surface area contributed by atoms with Crippen LogP contribution < -0.4 is 10.5 Å². The monoisotopic (exact) mass is 373 g/mol. The predicted molar refractivity (Wildman–Crippen MR) is 111 cm³/mol. The lowest BCUT2D eigenvalue weighted by Crippen LogP contribution is -2.41. The fourth-order valence-corrected chi connectivity index (χ4v) is 3.15. The normalized spacial score (nSPS) is 15.3. The molecule has 148 valence electrons. The Morgan fingerprint density at radius 3 is 2.59 bits per heavy atom. The molecule has 2 rings (SSSR count). The Hall–Kier alpha value is -2.50. The molecule has 1 fully saturated rings. The summed E-state index contributed by atoms with van der Waals surface area (Å²) in [5.74, 6) is 1.25. The van der Waals surface area contributed by atoms with Crippen LogP contribution >= 0.6 is 0 Å². The molecule has 6 nitrogen and oxygen atoms in total. The summed E-state index contributed by atoms with van der Waals surface area (Å²) in [6.45, 7) is 15.0. The molecule has 1 heterocycles. The van der Waals surface area contributed by atoms with Crippen LogP contribution in [0, 0.1) is 5.92 Å². The number of ether oxygens (including phenoxy) is 2. The average Bonchev–Trinajstić information content (AvgIpc) is 2.60. The van der Waals surface area contributed by atoms with Crippen molar-refractivity contribution in [3.63, 3.8) is 0 Å². The van der Waals surface area contributed by atoms with E-state index in [1.165, 1.54) is 0 Å². The zero-order valence-electron chi connectivity index (χ0n) is 16.7. The van der Waals surface area contributed by atoms with Crippen LogP contribution in [0.2, 0.25) is 0 Å². The number of benzene rings is 1. The molecular weight excluding hydrogens is 342 g/mol. The van der Waals surface area contributed by atoms with Crippen molar-refractivity contribution in [3.8, 4) is 5.75 Å². The highest BCUT2D eigenvalue weighted by Gasteiger charge is 2.26. The number of nitrogen functional groups attached to an aromatic ring is 1. The first-order valence-electron chi connectivity index (χ1n) is 9.37. The van der Waals surface area contributed by atoms with Crippen LogP contribution in [0.5, 0.6) is 5.75 Å². The quantitative estimate of drug-likeness (QED) is 0.581. The molecule has 1 aliphatic rings. The standard InChI is InChI=1S/C21H31N3O3/c1-6-16-13-17(14-18(22)19(16)23-5)26-12-9-15-7-10-24(11-8-15)20(25)27-21(2,3)4/h6,13-15H,1,5,7-12,22H2,2-4H3. The summed E-state index contributed by atoms with van der Waals surface area (Å²) in [5.41, 5.74) is 7.52. The van der Waals surface area contributed by atoms with Crippen molar-refractivity contribution >= 4 is 30.3 Å². The Kier molecular flexibility index (Phi) is 6.88. The molecule has 0 spiro atoms. The molecule has 1 aromatic carbocycles. The number of carbonyl (C=O) groups excluding carboxylic acids is 1. The lowest BCUT2D eigenvalue weighted by atomic mass is 9.94. The number of anilines is 1. The van der Waals surface area contributed by atoms with Gasteiger partial charge in [-0.05, 0) is 58.7 Å². The van der Waals surface area contributed by atoms with Crippen LogP contribution in [0.15, 0.2) is 23.7 Å². The maximum atomic E-state index is 12.1. The summed E-state index contributed by atoms with van der Waals surface area (Å²) in [6, 6.07) is 3.64. The number of hydrogen-bond acceptors (Lipinski definition) is 5. The second kappa shape index (κ2) is 8.93. The van der Waals surface area contributed by atoms with Crippen molar-refractivity contribution in [3.05, 3.63) is 24.3 Å². The van der Waals surface area contributed by atoms with E-state index in [0.717, 1.165) is 37.9 Å². The highest BCUT2D eigenvalue weighted by Crippen LogP contribution is 2.32. The minimum atomic E-state index is -0.454. The highest BCUT2D eigenvalue weighted by atomic mass is 16.6. The fourth-order valence-electron chi connectivity index (χ4n) is 3.15. The van der Waals surface area contributed by atoms with Gasteiger partial charge in [0.2, 0.25) is 0 Å². The first kappa shape index (κ1) is 20.8. The third-order valence-corrected chi connectivity index (χ3v) is 4.58. The number of hydrogen-bond donors (Lipinski definition) is 1. The van der Waals surface area contributed by atoms with Gasteiger partial charge in [0.05, 0.1) is 18.0 Å². The maximum Gasteiger partial charge on any atom is 0.410 e. The predicted octanol–water partition coefficient (Wildman–Crippen LogP) is 4.66. The van der Waals surface area contributed by atoms with E-state index < -0.39 is 5.60 Å². The largest absolute Gasteiger partial charge is 0.493 e.